The molecule has 0 unspecified atom stereocenters. The topological polar surface area (TPSA) is 50.4 Å². The number of benzene rings is 2. The van der Waals surface area contributed by atoms with Gasteiger partial charge in [0.1, 0.15) is 11.5 Å². The largest absolute Gasteiger partial charge is 0.507 e. The molecule has 0 aliphatic rings. The first kappa shape index (κ1) is 12.2. The van der Waals surface area contributed by atoms with E-state index in [0.717, 1.165) is 10.8 Å². The Morgan fingerprint density at radius 2 is 1.90 bits per heavy atom. The number of furan rings is 1. The summed E-state index contributed by atoms with van der Waals surface area (Å²) in [6.45, 7) is 0. The number of fused-ring (bicyclic) bond motifs is 1. The van der Waals surface area contributed by atoms with Crippen molar-refractivity contribution in [3.63, 3.8) is 0 Å². The van der Waals surface area contributed by atoms with E-state index in [1.165, 1.54) is 12.1 Å². The standard InChI is InChI=1S/C17H12O3/c18-15-9-7-12-4-1-2-6-14(12)17(15)16(19)10-8-13-5-3-11-20-13/h1-11,18H/b10-8+. The molecule has 1 N–H and O–H groups in total. The van der Waals surface area contributed by atoms with Crippen LogP contribution >= 0.6 is 0 Å². The van der Waals surface area contributed by atoms with Gasteiger partial charge in [0.15, 0.2) is 5.78 Å². The van der Waals surface area contributed by atoms with Crippen LogP contribution in [0, 0.1) is 0 Å². The monoisotopic (exact) mass is 264 g/mol. The number of aromatic hydroxyl groups is 1. The van der Waals surface area contributed by atoms with Gasteiger partial charge < -0.3 is 9.52 Å². The Morgan fingerprint density at radius 3 is 2.70 bits per heavy atom. The number of carbonyl (C=O) groups excluding carboxylic acids is 1. The molecule has 1 aromatic heterocycles. The number of ketones is 1. The van der Waals surface area contributed by atoms with Gasteiger partial charge in [-0.3, -0.25) is 4.79 Å². The Labute approximate surface area is 115 Å². The molecule has 0 aliphatic carbocycles. The van der Waals surface area contributed by atoms with E-state index >= 15 is 0 Å². The molecule has 3 aromatic rings. The smallest absolute Gasteiger partial charge is 0.190 e. The lowest BCUT2D eigenvalue weighted by atomic mass is 10.00. The number of allylic oxidation sites excluding steroid dienone is 1. The second kappa shape index (κ2) is 5.05. The van der Waals surface area contributed by atoms with Gasteiger partial charge in [0.2, 0.25) is 0 Å². The first-order chi connectivity index (χ1) is 9.75. The zero-order chi connectivity index (χ0) is 13.9. The first-order valence-electron chi connectivity index (χ1n) is 6.22. The number of hydrogen-bond donors (Lipinski definition) is 1. The highest BCUT2D eigenvalue weighted by Crippen LogP contribution is 2.27. The number of hydrogen-bond acceptors (Lipinski definition) is 3. The van der Waals surface area contributed by atoms with Gasteiger partial charge >= 0.3 is 0 Å². The molecule has 0 bridgehead atoms. The molecule has 1 heterocycles. The Balaban J connectivity index is 2.05. The van der Waals surface area contributed by atoms with E-state index in [-0.39, 0.29) is 11.5 Å². The highest BCUT2D eigenvalue weighted by Gasteiger charge is 2.12. The summed E-state index contributed by atoms with van der Waals surface area (Å²) in [5, 5.41) is 11.6. The molecule has 0 radical (unpaired) electrons. The van der Waals surface area contributed by atoms with E-state index in [0.29, 0.717) is 11.3 Å². The van der Waals surface area contributed by atoms with Crippen LogP contribution < -0.4 is 0 Å². The van der Waals surface area contributed by atoms with Gasteiger partial charge in [0, 0.05) is 0 Å². The minimum Gasteiger partial charge on any atom is -0.507 e. The van der Waals surface area contributed by atoms with Crippen molar-refractivity contribution < 1.29 is 14.3 Å². The molecule has 2 aromatic carbocycles. The van der Waals surface area contributed by atoms with Gasteiger partial charge in [-0.25, -0.2) is 0 Å². The number of rotatable bonds is 3. The second-order valence-electron chi connectivity index (χ2n) is 4.39. The van der Waals surface area contributed by atoms with Gasteiger partial charge in [0.25, 0.3) is 0 Å². The average molecular weight is 264 g/mol. The maximum atomic E-state index is 12.3. The summed E-state index contributed by atoms with van der Waals surface area (Å²) in [4.78, 5) is 12.3. The van der Waals surface area contributed by atoms with Crippen LogP contribution in [0.4, 0.5) is 0 Å². The van der Waals surface area contributed by atoms with Crippen molar-refractivity contribution in [1.82, 2.24) is 0 Å². The van der Waals surface area contributed by atoms with Crippen molar-refractivity contribution in [2.45, 2.75) is 0 Å². The Morgan fingerprint density at radius 1 is 1.05 bits per heavy atom. The second-order valence-corrected chi connectivity index (χ2v) is 4.39. The highest BCUT2D eigenvalue weighted by molar-refractivity contribution is 6.16. The molecule has 3 rings (SSSR count). The third-order valence-electron chi connectivity index (χ3n) is 3.10. The summed E-state index contributed by atoms with van der Waals surface area (Å²) in [7, 11) is 0. The quantitative estimate of drug-likeness (QED) is 0.574. The zero-order valence-corrected chi connectivity index (χ0v) is 10.6. The molecule has 0 amide bonds. The van der Waals surface area contributed by atoms with Crippen LogP contribution in [0.1, 0.15) is 16.1 Å². The van der Waals surface area contributed by atoms with Crippen LogP contribution in [0.5, 0.6) is 5.75 Å². The molecule has 98 valence electrons. The fraction of sp³-hybridized carbons (Fsp3) is 0. The number of phenolic OH excluding ortho intramolecular Hbond substituents is 1. The van der Waals surface area contributed by atoms with Crippen LogP contribution in [0.15, 0.2) is 65.3 Å². The molecule has 0 aliphatic heterocycles. The summed E-state index contributed by atoms with van der Waals surface area (Å²) in [6, 6.07) is 14.3. The van der Waals surface area contributed by atoms with Crippen molar-refractivity contribution >= 4 is 22.6 Å². The van der Waals surface area contributed by atoms with Crippen LogP contribution in [0.2, 0.25) is 0 Å². The van der Waals surface area contributed by atoms with Gasteiger partial charge in [-0.2, -0.15) is 0 Å². The van der Waals surface area contributed by atoms with Gasteiger partial charge in [-0.1, -0.05) is 30.3 Å². The molecule has 3 heteroatoms. The van der Waals surface area contributed by atoms with E-state index in [1.54, 1.807) is 30.5 Å². The molecule has 0 fully saturated rings. The van der Waals surface area contributed by atoms with Gasteiger partial charge in [-0.15, -0.1) is 0 Å². The summed E-state index contributed by atoms with van der Waals surface area (Å²) >= 11 is 0. The van der Waals surface area contributed by atoms with E-state index in [4.69, 9.17) is 4.42 Å². The summed E-state index contributed by atoms with van der Waals surface area (Å²) in [5.41, 5.74) is 0.311. The van der Waals surface area contributed by atoms with Crippen molar-refractivity contribution in [3.05, 3.63) is 72.2 Å². The molecule has 20 heavy (non-hydrogen) atoms. The third-order valence-corrected chi connectivity index (χ3v) is 3.10. The Bertz CT molecular complexity index is 783. The summed E-state index contributed by atoms with van der Waals surface area (Å²) in [6.07, 6.45) is 4.53. The maximum Gasteiger partial charge on any atom is 0.190 e. The normalized spacial score (nSPS) is 11.2. The summed E-state index contributed by atoms with van der Waals surface area (Å²) in [5.74, 6) is 0.326. The number of carbonyl (C=O) groups is 1. The van der Waals surface area contributed by atoms with Crippen molar-refractivity contribution in [2.75, 3.05) is 0 Å². The van der Waals surface area contributed by atoms with E-state index in [2.05, 4.69) is 0 Å². The van der Waals surface area contributed by atoms with Crippen molar-refractivity contribution in [3.8, 4) is 5.75 Å². The molecular formula is C17H12O3. The summed E-state index contributed by atoms with van der Waals surface area (Å²) < 4.78 is 5.14. The predicted molar refractivity (Wildman–Crippen MR) is 77.7 cm³/mol. The zero-order valence-electron chi connectivity index (χ0n) is 10.6. The SMILES string of the molecule is O=C(/C=C/c1ccco1)c1c(O)ccc2ccccc12. The van der Waals surface area contributed by atoms with Crippen LogP contribution in [-0.2, 0) is 0 Å². The third kappa shape index (κ3) is 2.21. The lowest BCUT2D eigenvalue weighted by molar-refractivity contribution is 0.104. The van der Waals surface area contributed by atoms with E-state index in [1.807, 2.05) is 24.3 Å². The van der Waals surface area contributed by atoms with Gasteiger partial charge in [-0.05, 0) is 41.1 Å². The molecule has 0 saturated heterocycles. The van der Waals surface area contributed by atoms with E-state index < -0.39 is 0 Å². The van der Waals surface area contributed by atoms with Crippen LogP contribution in [0.25, 0.3) is 16.8 Å². The maximum absolute atomic E-state index is 12.3. The predicted octanol–water partition coefficient (Wildman–Crippen LogP) is 4.03. The fourth-order valence-corrected chi connectivity index (χ4v) is 2.15. The highest BCUT2D eigenvalue weighted by atomic mass is 16.3. The lowest BCUT2D eigenvalue weighted by Gasteiger charge is -2.05. The molecule has 0 spiro atoms. The number of phenols is 1. The van der Waals surface area contributed by atoms with Crippen molar-refractivity contribution in [2.24, 2.45) is 0 Å². The minimum atomic E-state index is -0.254. The molecule has 3 nitrogen and oxygen atoms in total. The minimum absolute atomic E-state index is 0.0159. The van der Waals surface area contributed by atoms with Crippen LogP contribution in [0.3, 0.4) is 0 Å². The average Bonchev–Trinajstić information content (AvgIpc) is 2.98. The first-order valence-corrected chi connectivity index (χ1v) is 6.22. The Hall–Kier alpha value is -2.81. The van der Waals surface area contributed by atoms with E-state index in [9.17, 15) is 9.90 Å². The molecule has 0 atom stereocenters. The lowest BCUT2D eigenvalue weighted by Crippen LogP contribution is -1.96. The molecular weight excluding hydrogens is 252 g/mol. The van der Waals surface area contributed by atoms with Crippen LogP contribution in [-0.4, -0.2) is 10.9 Å². The Kier molecular flexibility index (Phi) is 3.09. The molecule has 0 saturated carbocycles. The van der Waals surface area contributed by atoms with Crippen molar-refractivity contribution in [1.29, 1.82) is 0 Å². The fourth-order valence-electron chi connectivity index (χ4n) is 2.15. The van der Waals surface area contributed by atoms with Gasteiger partial charge in [0.05, 0.1) is 11.8 Å².